The molecule has 0 atom stereocenters. The molecule has 0 saturated heterocycles. The molecule has 4 nitrogen and oxygen atoms in total. The number of nitrogens with one attached hydrogen (secondary N) is 1. The number of aromatic nitrogens is 2. The summed E-state index contributed by atoms with van der Waals surface area (Å²) in [5.74, 6) is 0. The van der Waals surface area contributed by atoms with Crippen molar-refractivity contribution in [3.05, 3.63) is 56.4 Å². The van der Waals surface area contributed by atoms with Crippen molar-refractivity contribution in [1.82, 2.24) is 9.78 Å². The Bertz CT molecular complexity index is 829. The van der Waals surface area contributed by atoms with Gasteiger partial charge in [0.05, 0.1) is 22.8 Å². The average molecular weight is 406 g/mol. The molecule has 1 fully saturated rings. The van der Waals surface area contributed by atoms with Gasteiger partial charge in [0.2, 0.25) is 0 Å². The third kappa shape index (κ3) is 4.15. The Balaban J connectivity index is 1.61. The molecule has 0 unspecified atom stereocenters. The van der Waals surface area contributed by atoms with Crippen molar-refractivity contribution in [1.29, 1.82) is 0 Å². The molecule has 2 aromatic rings. The molecule has 1 saturated carbocycles. The van der Waals surface area contributed by atoms with E-state index in [1.165, 1.54) is 23.0 Å². The SMILES string of the molecule is O=c1c(Cl)c(Cl)cnn1C1CCC(Nc2ccc(C(F)(F)F)cc2)CC1. The first-order chi connectivity index (χ1) is 12.3. The van der Waals surface area contributed by atoms with Crippen LogP contribution >= 0.6 is 23.2 Å². The zero-order valence-electron chi connectivity index (χ0n) is 13.6. The molecule has 9 heteroatoms. The van der Waals surface area contributed by atoms with E-state index in [2.05, 4.69) is 10.4 Å². The van der Waals surface area contributed by atoms with Gasteiger partial charge in [-0.3, -0.25) is 4.79 Å². The van der Waals surface area contributed by atoms with Gasteiger partial charge in [-0.1, -0.05) is 23.2 Å². The molecule has 1 N–H and O–H groups in total. The molecule has 3 rings (SSSR count). The van der Waals surface area contributed by atoms with Crippen LogP contribution in [0.25, 0.3) is 0 Å². The van der Waals surface area contributed by atoms with Crippen LogP contribution in [0.3, 0.4) is 0 Å². The van der Waals surface area contributed by atoms with Gasteiger partial charge in [0.15, 0.2) is 0 Å². The van der Waals surface area contributed by atoms with Crippen LogP contribution in [0, 0.1) is 0 Å². The summed E-state index contributed by atoms with van der Waals surface area (Å²) in [7, 11) is 0. The summed E-state index contributed by atoms with van der Waals surface area (Å²) in [6.45, 7) is 0. The molecule has 0 radical (unpaired) electrons. The quantitative estimate of drug-likeness (QED) is 0.766. The lowest BCUT2D eigenvalue weighted by Crippen LogP contribution is -2.33. The monoisotopic (exact) mass is 405 g/mol. The Hall–Kier alpha value is -1.73. The molecule has 1 heterocycles. The minimum atomic E-state index is -4.34. The Kier molecular flexibility index (Phi) is 5.48. The fourth-order valence-electron chi connectivity index (χ4n) is 3.14. The number of anilines is 1. The van der Waals surface area contributed by atoms with E-state index in [1.54, 1.807) is 0 Å². The Labute approximate surface area is 157 Å². The van der Waals surface area contributed by atoms with Crippen molar-refractivity contribution >= 4 is 28.9 Å². The van der Waals surface area contributed by atoms with E-state index in [9.17, 15) is 18.0 Å². The smallest absolute Gasteiger partial charge is 0.382 e. The third-order valence-corrected chi connectivity index (χ3v) is 5.28. The first-order valence-corrected chi connectivity index (χ1v) is 8.88. The lowest BCUT2D eigenvalue weighted by atomic mass is 9.91. The van der Waals surface area contributed by atoms with E-state index < -0.39 is 17.3 Å². The minimum absolute atomic E-state index is 0.0355. The van der Waals surface area contributed by atoms with Crippen molar-refractivity contribution < 1.29 is 13.2 Å². The van der Waals surface area contributed by atoms with E-state index in [1.807, 2.05) is 0 Å². The van der Waals surface area contributed by atoms with E-state index in [-0.39, 0.29) is 22.1 Å². The highest BCUT2D eigenvalue weighted by Gasteiger charge is 2.30. The zero-order valence-corrected chi connectivity index (χ0v) is 15.1. The van der Waals surface area contributed by atoms with Gasteiger partial charge in [-0.25, -0.2) is 4.68 Å². The van der Waals surface area contributed by atoms with Crippen molar-refractivity contribution in [3.8, 4) is 0 Å². The Morgan fingerprint density at radius 1 is 1.08 bits per heavy atom. The van der Waals surface area contributed by atoms with Gasteiger partial charge in [-0.15, -0.1) is 0 Å². The number of hydrogen-bond acceptors (Lipinski definition) is 3. The second-order valence-electron chi connectivity index (χ2n) is 6.28. The molecular weight excluding hydrogens is 390 g/mol. The van der Waals surface area contributed by atoms with E-state index in [0.29, 0.717) is 18.5 Å². The summed E-state index contributed by atoms with van der Waals surface area (Å²) in [6.07, 6.45) is -0.0268. The van der Waals surface area contributed by atoms with Crippen molar-refractivity contribution in [2.45, 2.75) is 43.9 Å². The fraction of sp³-hybridized carbons (Fsp3) is 0.412. The maximum atomic E-state index is 12.6. The number of nitrogens with zero attached hydrogens (tertiary/aromatic N) is 2. The summed E-state index contributed by atoms with van der Waals surface area (Å²) >= 11 is 11.7. The number of rotatable bonds is 3. The molecule has 0 bridgehead atoms. The summed E-state index contributed by atoms with van der Waals surface area (Å²) in [5.41, 5.74) is -0.429. The molecule has 140 valence electrons. The molecular formula is C17H16Cl2F3N3O. The summed E-state index contributed by atoms with van der Waals surface area (Å²) < 4.78 is 39.2. The maximum absolute atomic E-state index is 12.6. The standard InChI is InChI=1S/C17H16Cl2F3N3O/c18-14-9-23-25(16(26)15(14)19)13-7-5-12(6-8-13)24-11-3-1-10(2-4-11)17(20,21)22/h1-4,9,12-13,24H,5-8H2. The van der Waals surface area contributed by atoms with Crippen LogP contribution in [0.1, 0.15) is 37.3 Å². The highest BCUT2D eigenvalue weighted by atomic mass is 35.5. The second kappa shape index (κ2) is 7.48. The predicted octanol–water partition coefficient (Wildman–Crippen LogP) is 5.16. The number of halogens is 5. The third-order valence-electron chi connectivity index (χ3n) is 4.53. The number of benzene rings is 1. The summed E-state index contributed by atoms with van der Waals surface area (Å²) in [5, 5.41) is 7.40. The Morgan fingerprint density at radius 2 is 1.69 bits per heavy atom. The zero-order chi connectivity index (χ0) is 18.9. The van der Waals surface area contributed by atoms with Crippen LogP contribution in [-0.2, 0) is 6.18 Å². The van der Waals surface area contributed by atoms with Crippen molar-refractivity contribution in [2.75, 3.05) is 5.32 Å². The molecule has 1 aromatic heterocycles. The highest BCUT2D eigenvalue weighted by Crippen LogP contribution is 2.32. The normalized spacial score (nSPS) is 20.8. The van der Waals surface area contributed by atoms with E-state index in [4.69, 9.17) is 23.2 Å². The van der Waals surface area contributed by atoms with Crippen LogP contribution < -0.4 is 10.9 Å². The fourth-order valence-corrected chi connectivity index (χ4v) is 3.40. The molecule has 1 aliphatic rings. The molecule has 0 spiro atoms. The minimum Gasteiger partial charge on any atom is -0.382 e. The predicted molar refractivity (Wildman–Crippen MR) is 94.9 cm³/mol. The van der Waals surface area contributed by atoms with E-state index in [0.717, 1.165) is 25.0 Å². The average Bonchev–Trinajstić information content (AvgIpc) is 2.61. The van der Waals surface area contributed by atoms with Gasteiger partial charge in [-0.05, 0) is 49.9 Å². The first-order valence-electron chi connectivity index (χ1n) is 8.12. The van der Waals surface area contributed by atoms with Gasteiger partial charge < -0.3 is 5.32 Å². The molecule has 0 aliphatic heterocycles. The Morgan fingerprint density at radius 3 is 2.27 bits per heavy atom. The van der Waals surface area contributed by atoms with Crippen LogP contribution in [0.15, 0.2) is 35.3 Å². The van der Waals surface area contributed by atoms with Crippen LogP contribution in [-0.4, -0.2) is 15.8 Å². The topological polar surface area (TPSA) is 46.9 Å². The van der Waals surface area contributed by atoms with Crippen LogP contribution in [0.2, 0.25) is 10.0 Å². The summed E-state index contributed by atoms with van der Waals surface area (Å²) in [4.78, 5) is 12.2. The van der Waals surface area contributed by atoms with Crippen molar-refractivity contribution in [2.24, 2.45) is 0 Å². The lowest BCUT2D eigenvalue weighted by molar-refractivity contribution is -0.137. The second-order valence-corrected chi connectivity index (χ2v) is 7.07. The molecule has 26 heavy (non-hydrogen) atoms. The first kappa shape index (κ1) is 19.0. The van der Waals surface area contributed by atoms with Crippen LogP contribution in [0.5, 0.6) is 0 Å². The lowest BCUT2D eigenvalue weighted by Gasteiger charge is -2.30. The van der Waals surface area contributed by atoms with Gasteiger partial charge in [0.1, 0.15) is 5.02 Å². The van der Waals surface area contributed by atoms with Gasteiger partial charge in [-0.2, -0.15) is 18.3 Å². The van der Waals surface area contributed by atoms with Gasteiger partial charge in [0.25, 0.3) is 5.56 Å². The van der Waals surface area contributed by atoms with Gasteiger partial charge >= 0.3 is 6.18 Å². The largest absolute Gasteiger partial charge is 0.416 e. The molecule has 0 amide bonds. The molecule has 1 aromatic carbocycles. The highest BCUT2D eigenvalue weighted by molar-refractivity contribution is 6.41. The van der Waals surface area contributed by atoms with E-state index >= 15 is 0 Å². The summed E-state index contributed by atoms with van der Waals surface area (Å²) in [6, 6.07) is 5.05. The van der Waals surface area contributed by atoms with Crippen LogP contribution in [0.4, 0.5) is 18.9 Å². The van der Waals surface area contributed by atoms with Gasteiger partial charge in [0, 0.05) is 11.7 Å². The maximum Gasteiger partial charge on any atom is 0.416 e. The van der Waals surface area contributed by atoms with Crippen molar-refractivity contribution in [3.63, 3.8) is 0 Å². The number of hydrogen-bond donors (Lipinski definition) is 1. The molecule has 1 aliphatic carbocycles. The number of alkyl halides is 3.